The highest BCUT2D eigenvalue weighted by molar-refractivity contribution is 6.35. The summed E-state index contributed by atoms with van der Waals surface area (Å²) >= 11 is 12.0. The molecule has 1 fully saturated rings. The molecule has 1 aromatic rings. The summed E-state index contributed by atoms with van der Waals surface area (Å²) < 4.78 is 5.38. The number of morpholine rings is 1. The minimum Gasteiger partial charge on any atom is -0.378 e. The fourth-order valence-electron chi connectivity index (χ4n) is 1.80. The maximum absolute atomic E-state index is 6.15. The molecule has 2 rings (SSSR count). The molecule has 3 N–H and O–H groups in total. The molecular weight excluding hydrogens is 247 g/mol. The van der Waals surface area contributed by atoms with Crippen LogP contribution in [0.2, 0.25) is 10.0 Å². The van der Waals surface area contributed by atoms with Crippen molar-refractivity contribution in [3.63, 3.8) is 0 Å². The topological polar surface area (TPSA) is 47.3 Å². The Morgan fingerprint density at radius 1 is 1.44 bits per heavy atom. The van der Waals surface area contributed by atoms with Gasteiger partial charge in [0.2, 0.25) is 0 Å². The summed E-state index contributed by atoms with van der Waals surface area (Å²) in [5.41, 5.74) is 7.05. The Morgan fingerprint density at radius 3 is 2.88 bits per heavy atom. The minimum atomic E-state index is -0.176. The van der Waals surface area contributed by atoms with E-state index >= 15 is 0 Å². The number of benzene rings is 1. The van der Waals surface area contributed by atoms with Gasteiger partial charge in [-0.2, -0.15) is 0 Å². The average molecular weight is 261 g/mol. The summed E-state index contributed by atoms with van der Waals surface area (Å²) in [4.78, 5) is 0. The SMILES string of the molecule is NC(c1ccc(Cl)cc1Cl)C1COCCN1. The molecule has 0 bridgehead atoms. The molecule has 2 atom stereocenters. The zero-order chi connectivity index (χ0) is 11.5. The molecule has 88 valence electrons. The fraction of sp³-hybridized carbons (Fsp3) is 0.455. The average Bonchev–Trinajstić information content (AvgIpc) is 2.29. The van der Waals surface area contributed by atoms with Gasteiger partial charge in [-0.15, -0.1) is 0 Å². The van der Waals surface area contributed by atoms with Gasteiger partial charge in [0.15, 0.2) is 0 Å². The van der Waals surface area contributed by atoms with Crippen molar-refractivity contribution in [1.29, 1.82) is 0 Å². The van der Waals surface area contributed by atoms with Crippen molar-refractivity contribution in [2.45, 2.75) is 12.1 Å². The Kier molecular flexibility index (Phi) is 4.05. The molecule has 1 heterocycles. The Balaban J connectivity index is 2.15. The molecule has 0 radical (unpaired) electrons. The Hall–Kier alpha value is -0.320. The van der Waals surface area contributed by atoms with E-state index in [1.54, 1.807) is 12.1 Å². The largest absolute Gasteiger partial charge is 0.378 e. The molecule has 1 aliphatic rings. The summed E-state index contributed by atoms with van der Waals surface area (Å²) in [6.45, 7) is 2.17. The van der Waals surface area contributed by atoms with Crippen LogP contribution in [0.3, 0.4) is 0 Å². The predicted molar refractivity (Wildman–Crippen MR) is 66.0 cm³/mol. The Morgan fingerprint density at radius 2 is 2.25 bits per heavy atom. The van der Waals surface area contributed by atoms with Gasteiger partial charge in [-0.1, -0.05) is 29.3 Å². The van der Waals surface area contributed by atoms with Gasteiger partial charge in [-0.25, -0.2) is 0 Å². The first kappa shape index (κ1) is 12.1. The highest BCUT2D eigenvalue weighted by Gasteiger charge is 2.23. The molecule has 5 heteroatoms. The molecule has 2 unspecified atom stereocenters. The maximum Gasteiger partial charge on any atom is 0.0638 e. The standard InChI is InChI=1S/C11H14Cl2N2O/c12-7-1-2-8(9(13)5-7)11(14)10-6-16-4-3-15-10/h1-2,5,10-11,15H,3-4,6,14H2. The quantitative estimate of drug-likeness (QED) is 0.855. The number of nitrogens with two attached hydrogens (primary N) is 1. The smallest absolute Gasteiger partial charge is 0.0638 e. The third-order valence-electron chi connectivity index (χ3n) is 2.71. The molecule has 0 aromatic heterocycles. The first-order valence-corrected chi connectivity index (χ1v) is 5.96. The van der Waals surface area contributed by atoms with Crippen LogP contribution in [-0.4, -0.2) is 25.8 Å². The molecule has 1 aliphatic heterocycles. The van der Waals surface area contributed by atoms with Gasteiger partial charge in [-0.05, 0) is 17.7 Å². The minimum absolute atomic E-state index is 0.104. The van der Waals surface area contributed by atoms with Gasteiger partial charge in [0.1, 0.15) is 0 Å². The zero-order valence-corrected chi connectivity index (χ0v) is 10.3. The van der Waals surface area contributed by atoms with Crippen LogP contribution >= 0.6 is 23.2 Å². The van der Waals surface area contributed by atoms with Crippen LogP contribution in [0.15, 0.2) is 18.2 Å². The van der Waals surface area contributed by atoms with Crippen LogP contribution in [-0.2, 0) is 4.74 Å². The van der Waals surface area contributed by atoms with E-state index in [9.17, 15) is 0 Å². The van der Waals surface area contributed by atoms with Gasteiger partial charge in [0.05, 0.1) is 13.2 Å². The molecule has 16 heavy (non-hydrogen) atoms. The molecule has 0 amide bonds. The van der Waals surface area contributed by atoms with E-state index in [2.05, 4.69) is 5.32 Å². The van der Waals surface area contributed by atoms with Crippen molar-refractivity contribution < 1.29 is 4.74 Å². The molecule has 1 aromatic carbocycles. The van der Waals surface area contributed by atoms with Crippen LogP contribution in [0.25, 0.3) is 0 Å². The summed E-state index contributed by atoms with van der Waals surface area (Å²) in [6, 6.07) is 5.30. The molecule has 0 aliphatic carbocycles. The number of halogens is 2. The highest BCUT2D eigenvalue weighted by atomic mass is 35.5. The first-order valence-electron chi connectivity index (χ1n) is 5.20. The lowest BCUT2D eigenvalue weighted by molar-refractivity contribution is 0.0685. The van der Waals surface area contributed by atoms with Crippen molar-refractivity contribution in [3.05, 3.63) is 33.8 Å². The Bertz CT molecular complexity index is 367. The maximum atomic E-state index is 6.15. The predicted octanol–water partition coefficient (Wildman–Crippen LogP) is 1.98. The normalized spacial score (nSPS) is 23.1. The summed E-state index contributed by atoms with van der Waals surface area (Å²) in [6.07, 6.45) is 0. The van der Waals surface area contributed by atoms with Crippen LogP contribution in [0, 0.1) is 0 Å². The lowest BCUT2D eigenvalue weighted by atomic mass is 10.00. The lowest BCUT2D eigenvalue weighted by Crippen LogP contribution is -2.47. The molecule has 0 spiro atoms. The Labute approximate surface area is 105 Å². The van der Waals surface area contributed by atoms with Crippen molar-refractivity contribution in [2.75, 3.05) is 19.8 Å². The first-order chi connectivity index (χ1) is 7.68. The van der Waals surface area contributed by atoms with Crippen LogP contribution in [0.4, 0.5) is 0 Å². The van der Waals surface area contributed by atoms with E-state index in [1.165, 1.54) is 0 Å². The van der Waals surface area contributed by atoms with Crippen LogP contribution in [0.5, 0.6) is 0 Å². The van der Waals surface area contributed by atoms with Crippen molar-refractivity contribution in [2.24, 2.45) is 5.73 Å². The fourth-order valence-corrected chi connectivity index (χ4v) is 2.34. The molecule has 1 saturated heterocycles. The molecule has 3 nitrogen and oxygen atoms in total. The van der Waals surface area contributed by atoms with Crippen LogP contribution in [0.1, 0.15) is 11.6 Å². The van der Waals surface area contributed by atoms with E-state index in [-0.39, 0.29) is 12.1 Å². The number of hydrogen-bond acceptors (Lipinski definition) is 3. The van der Waals surface area contributed by atoms with Gasteiger partial charge >= 0.3 is 0 Å². The second-order valence-electron chi connectivity index (χ2n) is 3.83. The van der Waals surface area contributed by atoms with E-state index in [0.29, 0.717) is 16.7 Å². The van der Waals surface area contributed by atoms with Crippen molar-refractivity contribution in [3.8, 4) is 0 Å². The van der Waals surface area contributed by atoms with Crippen LogP contribution < -0.4 is 11.1 Å². The van der Waals surface area contributed by atoms with Gasteiger partial charge in [0, 0.05) is 28.7 Å². The third-order valence-corrected chi connectivity index (χ3v) is 3.27. The summed E-state index contributed by atoms with van der Waals surface area (Å²) in [5.74, 6) is 0. The molecule has 0 saturated carbocycles. The van der Waals surface area contributed by atoms with E-state index < -0.39 is 0 Å². The van der Waals surface area contributed by atoms with Crippen molar-refractivity contribution >= 4 is 23.2 Å². The summed E-state index contributed by atoms with van der Waals surface area (Å²) in [7, 11) is 0. The van der Waals surface area contributed by atoms with E-state index in [0.717, 1.165) is 18.7 Å². The summed E-state index contributed by atoms with van der Waals surface area (Å²) in [5, 5.41) is 4.54. The van der Waals surface area contributed by atoms with Gasteiger partial charge in [0.25, 0.3) is 0 Å². The number of ether oxygens (including phenoxy) is 1. The monoisotopic (exact) mass is 260 g/mol. The van der Waals surface area contributed by atoms with Crippen molar-refractivity contribution in [1.82, 2.24) is 5.32 Å². The van der Waals surface area contributed by atoms with Gasteiger partial charge in [-0.3, -0.25) is 0 Å². The van der Waals surface area contributed by atoms with E-state index in [4.69, 9.17) is 33.7 Å². The highest BCUT2D eigenvalue weighted by Crippen LogP contribution is 2.27. The molecular formula is C11H14Cl2N2O. The van der Waals surface area contributed by atoms with Gasteiger partial charge < -0.3 is 15.8 Å². The second kappa shape index (κ2) is 5.34. The third kappa shape index (κ3) is 2.67. The number of nitrogens with one attached hydrogen (secondary N) is 1. The lowest BCUT2D eigenvalue weighted by Gasteiger charge is -2.29. The second-order valence-corrected chi connectivity index (χ2v) is 4.67. The number of hydrogen-bond donors (Lipinski definition) is 2. The van der Waals surface area contributed by atoms with E-state index in [1.807, 2.05) is 6.07 Å². The number of rotatable bonds is 2. The zero-order valence-electron chi connectivity index (χ0n) is 8.75.